The molecule has 16 heavy (non-hydrogen) atoms. The molecule has 0 aliphatic heterocycles. The fraction of sp³-hybridized carbons (Fsp3) is 0.600. The summed E-state index contributed by atoms with van der Waals surface area (Å²) in [6.07, 6.45) is 1.20. The standard InChI is InChI=1S/C15H25N/c1-6-9-16-14(5)13(4)15-8-7-11(2)10-12(15)3/h7-8,10,13-14,16H,6,9H2,1-5H3. The maximum Gasteiger partial charge on any atom is 0.0105 e. The van der Waals surface area contributed by atoms with Crippen molar-refractivity contribution in [3.05, 3.63) is 34.9 Å². The molecule has 0 fully saturated rings. The topological polar surface area (TPSA) is 12.0 Å². The molecule has 1 N–H and O–H groups in total. The Morgan fingerprint density at radius 3 is 2.44 bits per heavy atom. The van der Waals surface area contributed by atoms with Crippen molar-refractivity contribution in [2.24, 2.45) is 0 Å². The fourth-order valence-corrected chi connectivity index (χ4v) is 2.15. The molecule has 0 aliphatic rings. The second-order valence-corrected chi connectivity index (χ2v) is 4.89. The van der Waals surface area contributed by atoms with Crippen LogP contribution in [-0.2, 0) is 0 Å². The molecule has 0 heterocycles. The molecular formula is C15H25N. The lowest BCUT2D eigenvalue weighted by Gasteiger charge is -2.23. The van der Waals surface area contributed by atoms with Crippen molar-refractivity contribution in [2.45, 2.75) is 53.0 Å². The largest absolute Gasteiger partial charge is 0.314 e. The number of nitrogens with one attached hydrogen (secondary N) is 1. The zero-order valence-electron chi connectivity index (χ0n) is 11.3. The lowest BCUT2D eigenvalue weighted by Crippen LogP contribution is -2.31. The van der Waals surface area contributed by atoms with Gasteiger partial charge in [-0.25, -0.2) is 0 Å². The minimum Gasteiger partial charge on any atom is -0.314 e. The summed E-state index contributed by atoms with van der Waals surface area (Å²) in [5, 5.41) is 3.57. The van der Waals surface area contributed by atoms with Gasteiger partial charge < -0.3 is 5.32 Å². The van der Waals surface area contributed by atoms with Crippen LogP contribution in [0.4, 0.5) is 0 Å². The third kappa shape index (κ3) is 3.34. The SMILES string of the molecule is CCCNC(C)C(C)c1ccc(C)cc1C. The van der Waals surface area contributed by atoms with Crippen LogP contribution in [0.15, 0.2) is 18.2 Å². The summed E-state index contributed by atoms with van der Waals surface area (Å²) in [7, 11) is 0. The van der Waals surface area contributed by atoms with Gasteiger partial charge in [0.05, 0.1) is 0 Å². The third-order valence-electron chi connectivity index (χ3n) is 3.38. The van der Waals surface area contributed by atoms with Crippen LogP contribution in [-0.4, -0.2) is 12.6 Å². The van der Waals surface area contributed by atoms with E-state index in [4.69, 9.17) is 0 Å². The third-order valence-corrected chi connectivity index (χ3v) is 3.38. The molecule has 0 saturated carbocycles. The Morgan fingerprint density at radius 1 is 1.19 bits per heavy atom. The van der Waals surface area contributed by atoms with Gasteiger partial charge in [-0.1, -0.05) is 37.6 Å². The molecular weight excluding hydrogens is 194 g/mol. The molecule has 0 spiro atoms. The van der Waals surface area contributed by atoms with E-state index in [1.54, 1.807) is 0 Å². The van der Waals surface area contributed by atoms with Gasteiger partial charge in [-0.15, -0.1) is 0 Å². The van der Waals surface area contributed by atoms with Gasteiger partial charge in [-0.05, 0) is 50.8 Å². The summed E-state index contributed by atoms with van der Waals surface area (Å²) in [4.78, 5) is 0. The molecule has 0 aliphatic carbocycles. The quantitative estimate of drug-likeness (QED) is 0.794. The van der Waals surface area contributed by atoms with Gasteiger partial charge in [-0.3, -0.25) is 0 Å². The van der Waals surface area contributed by atoms with Gasteiger partial charge in [0.15, 0.2) is 0 Å². The van der Waals surface area contributed by atoms with Crippen molar-refractivity contribution >= 4 is 0 Å². The van der Waals surface area contributed by atoms with E-state index in [1.807, 2.05) is 0 Å². The van der Waals surface area contributed by atoms with Gasteiger partial charge >= 0.3 is 0 Å². The van der Waals surface area contributed by atoms with E-state index < -0.39 is 0 Å². The zero-order chi connectivity index (χ0) is 12.1. The van der Waals surface area contributed by atoms with Gasteiger partial charge in [-0.2, -0.15) is 0 Å². The molecule has 0 aromatic heterocycles. The number of aryl methyl sites for hydroxylation is 2. The first-order chi connectivity index (χ1) is 7.56. The van der Waals surface area contributed by atoms with Gasteiger partial charge in [0, 0.05) is 6.04 Å². The Morgan fingerprint density at radius 2 is 1.88 bits per heavy atom. The first-order valence-corrected chi connectivity index (χ1v) is 6.36. The molecule has 0 saturated heterocycles. The molecule has 0 radical (unpaired) electrons. The van der Waals surface area contributed by atoms with Crippen molar-refractivity contribution in [1.82, 2.24) is 5.32 Å². The van der Waals surface area contributed by atoms with Crippen LogP contribution in [0, 0.1) is 13.8 Å². The highest BCUT2D eigenvalue weighted by Gasteiger charge is 2.15. The van der Waals surface area contributed by atoms with Crippen LogP contribution in [0.25, 0.3) is 0 Å². The van der Waals surface area contributed by atoms with E-state index in [0.717, 1.165) is 6.54 Å². The predicted octanol–water partition coefficient (Wildman–Crippen LogP) is 3.80. The summed E-state index contributed by atoms with van der Waals surface area (Å²) >= 11 is 0. The minimum atomic E-state index is 0.543. The molecule has 1 aromatic rings. The van der Waals surface area contributed by atoms with Crippen LogP contribution >= 0.6 is 0 Å². The Balaban J connectivity index is 2.75. The Kier molecular flexibility index (Phi) is 5.01. The molecule has 2 unspecified atom stereocenters. The summed E-state index contributed by atoms with van der Waals surface area (Å²) in [5.41, 5.74) is 4.24. The molecule has 0 bridgehead atoms. The van der Waals surface area contributed by atoms with Crippen molar-refractivity contribution in [3.8, 4) is 0 Å². The molecule has 2 atom stereocenters. The van der Waals surface area contributed by atoms with E-state index in [9.17, 15) is 0 Å². The minimum absolute atomic E-state index is 0.543. The van der Waals surface area contributed by atoms with E-state index >= 15 is 0 Å². The smallest absolute Gasteiger partial charge is 0.0105 e. The van der Waals surface area contributed by atoms with Gasteiger partial charge in [0.25, 0.3) is 0 Å². The van der Waals surface area contributed by atoms with Crippen molar-refractivity contribution in [3.63, 3.8) is 0 Å². The van der Waals surface area contributed by atoms with Crippen LogP contribution < -0.4 is 5.32 Å². The first kappa shape index (κ1) is 13.2. The van der Waals surface area contributed by atoms with Gasteiger partial charge in [0.1, 0.15) is 0 Å². The fourth-order valence-electron chi connectivity index (χ4n) is 2.15. The van der Waals surface area contributed by atoms with E-state index in [-0.39, 0.29) is 0 Å². The molecule has 0 amide bonds. The molecule has 1 rings (SSSR count). The highest BCUT2D eigenvalue weighted by atomic mass is 14.9. The number of benzene rings is 1. The highest BCUT2D eigenvalue weighted by molar-refractivity contribution is 5.33. The normalized spacial score (nSPS) is 14.8. The van der Waals surface area contributed by atoms with E-state index in [0.29, 0.717) is 12.0 Å². The maximum atomic E-state index is 3.57. The number of hydrogen-bond acceptors (Lipinski definition) is 1. The predicted molar refractivity (Wildman–Crippen MR) is 72.1 cm³/mol. The molecule has 90 valence electrons. The average Bonchev–Trinajstić information content (AvgIpc) is 2.25. The van der Waals surface area contributed by atoms with Crippen molar-refractivity contribution < 1.29 is 0 Å². The Labute approximate surface area is 100 Å². The van der Waals surface area contributed by atoms with Crippen LogP contribution in [0.2, 0.25) is 0 Å². The summed E-state index contributed by atoms with van der Waals surface area (Å²) < 4.78 is 0. The number of hydrogen-bond donors (Lipinski definition) is 1. The van der Waals surface area contributed by atoms with E-state index in [2.05, 4.69) is 58.1 Å². The van der Waals surface area contributed by atoms with Crippen LogP contribution in [0.5, 0.6) is 0 Å². The van der Waals surface area contributed by atoms with Crippen LogP contribution in [0.1, 0.15) is 49.8 Å². The monoisotopic (exact) mass is 219 g/mol. The summed E-state index contributed by atoms with van der Waals surface area (Å²) in [5.74, 6) is 0.576. The second-order valence-electron chi connectivity index (χ2n) is 4.89. The lowest BCUT2D eigenvalue weighted by molar-refractivity contribution is 0.480. The highest BCUT2D eigenvalue weighted by Crippen LogP contribution is 2.23. The van der Waals surface area contributed by atoms with Crippen molar-refractivity contribution in [1.29, 1.82) is 0 Å². The molecule has 1 aromatic carbocycles. The maximum absolute atomic E-state index is 3.57. The molecule has 1 nitrogen and oxygen atoms in total. The Bertz CT molecular complexity index is 330. The molecule has 1 heteroatoms. The summed E-state index contributed by atoms with van der Waals surface area (Å²) in [6, 6.07) is 7.31. The average molecular weight is 219 g/mol. The van der Waals surface area contributed by atoms with Crippen LogP contribution in [0.3, 0.4) is 0 Å². The van der Waals surface area contributed by atoms with Gasteiger partial charge in [0.2, 0.25) is 0 Å². The second kappa shape index (κ2) is 6.05. The van der Waals surface area contributed by atoms with E-state index in [1.165, 1.54) is 23.1 Å². The summed E-state index contributed by atoms with van der Waals surface area (Å²) in [6.45, 7) is 12.3. The van der Waals surface area contributed by atoms with Crippen molar-refractivity contribution in [2.75, 3.05) is 6.54 Å². The lowest BCUT2D eigenvalue weighted by atomic mass is 9.90. The zero-order valence-corrected chi connectivity index (χ0v) is 11.3. The Hall–Kier alpha value is -0.820. The first-order valence-electron chi connectivity index (χ1n) is 6.36. The number of rotatable bonds is 5.